The summed E-state index contributed by atoms with van der Waals surface area (Å²) in [7, 11) is 1.23. The molecule has 0 saturated carbocycles. The van der Waals surface area contributed by atoms with E-state index in [1.165, 1.54) is 25.3 Å². The van der Waals surface area contributed by atoms with Crippen LogP contribution in [0.25, 0.3) is 0 Å². The van der Waals surface area contributed by atoms with Crippen LogP contribution in [0.3, 0.4) is 0 Å². The molecule has 4 nitrogen and oxygen atoms in total. The second-order valence-electron chi connectivity index (χ2n) is 2.76. The fourth-order valence-electron chi connectivity index (χ4n) is 1.01. The first kappa shape index (κ1) is 12.3. The zero-order valence-electron chi connectivity index (χ0n) is 8.53. The summed E-state index contributed by atoms with van der Waals surface area (Å²) in [5.41, 5.74) is 0.127. The van der Waals surface area contributed by atoms with Crippen molar-refractivity contribution in [2.45, 2.75) is 0 Å². The van der Waals surface area contributed by atoms with Gasteiger partial charge in [0, 0.05) is 17.2 Å². The Morgan fingerprint density at radius 1 is 1.44 bits per heavy atom. The first-order chi connectivity index (χ1) is 7.58. The van der Waals surface area contributed by atoms with Gasteiger partial charge in [-0.15, -0.1) is 0 Å². The van der Waals surface area contributed by atoms with Crippen LogP contribution >= 0.6 is 11.6 Å². The largest absolute Gasteiger partial charge is 0.465 e. The first-order valence-electron chi connectivity index (χ1n) is 4.30. The van der Waals surface area contributed by atoms with Crippen LogP contribution in [0.2, 0.25) is 5.02 Å². The first-order valence-corrected chi connectivity index (χ1v) is 4.68. The predicted molar refractivity (Wildman–Crippen MR) is 58.6 cm³/mol. The molecule has 0 bridgehead atoms. The molecule has 0 aliphatic heterocycles. The van der Waals surface area contributed by atoms with Crippen molar-refractivity contribution in [3.05, 3.63) is 41.4 Å². The lowest BCUT2D eigenvalue weighted by Crippen LogP contribution is -2.09. The average Bonchev–Trinajstić information content (AvgIpc) is 2.28. The summed E-state index contributed by atoms with van der Waals surface area (Å²) in [6.45, 7) is 3.25. The number of benzene rings is 1. The molecule has 84 valence electrons. The lowest BCUT2D eigenvalue weighted by atomic mass is 10.2. The lowest BCUT2D eigenvalue weighted by molar-refractivity contribution is -0.128. The van der Waals surface area contributed by atoms with Crippen molar-refractivity contribution in [1.29, 1.82) is 0 Å². The van der Waals surface area contributed by atoms with Crippen LogP contribution in [0, 0.1) is 0 Å². The van der Waals surface area contributed by atoms with Gasteiger partial charge in [0.1, 0.15) is 11.3 Å². The molecule has 0 fully saturated rings. The molecule has 0 aromatic heterocycles. The lowest BCUT2D eigenvalue weighted by Gasteiger charge is -2.07. The van der Waals surface area contributed by atoms with Gasteiger partial charge in [0.2, 0.25) is 0 Å². The third-order valence-corrected chi connectivity index (χ3v) is 1.96. The quantitative estimate of drug-likeness (QED) is 0.462. The van der Waals surface area contributed by atoms with Gasteiger partial charge < -0.3 is 9.47 Å². The molecule has 0 aliphatic rings. The number of carbonyl (C=O) groups is 2. The minimum absolute atomic E-state index is 0.0456. The highest BCUT2D eigenvalue weighted by Crippen LogP contribution is 2.24. The van der Waals surface area contributed by atoms with Crippen molar-refractivity contribution in [1.82, 2.24) is 0 Å². The second kappa shape index (κ2) is 5.32. The molecule has 0 unspecified atom stereocenters. The van der Waals surface area contributed by atoms with Gasteiger partial charge in [-0.25, -0.2) is 9.59 Å². The van der Waals surface area contributed by atoms with Gasteiger partial charge in [-0.2, -0.15) is 0 Å². The van der Waals surface area contributed by atoms with Crippen molar-refractivity contribution < 1.29 is 19.1 Å². The Morgan fingerprint density at radius 2 is 2.12 bits per heavy atom. The van der Waals surface area contributed by atoms with Crippen molar-refractivity contribution in [2.75, 3.05) is 7.11 Å². The molecule has 1 rings (SSSR count). The second-order valence-corrected chi connectivity index (χ2v) is 3.19. The summed E-state index contributed by atoms with van der Waals surface area (Å²) >= 11 is 5.72. The Bertz CT molecular complexity index is 440. The summed E-state index contributed by atoms with van der Waals surface area (Å²) < 4.78 is 9.39. The Balaban J connectivity index is 3.12. The highest BCUT2D eigenvalue weighted by molar-refractivity contribution is 6.30. The molecule has 0 radical (unpaired) electrons. The van der Waals surface area contributed by atoms with Crippen molar-refractivity contribution >= 4 is 23.5 Å². The van der Waals surface area contributed by atoms with Crippen LogP contribution < -0.4 is 4.74 Å². The summed E-state index contributed by atoms with van der Waals surface area (Å²) in [5.74, 6) is -1.24. The third-order valence-electron chi connectivity index (χ3n) is 1.73. The molecule has 0 atom stereocenters. The highest BCUT2D eigenvalue weighted by Gasteiger charge is 2.15. The number of hydrogen-bond acceptors (Lipinski definition) is 4. The van der Waals surface area contributed by atoms with Crippen molar-refractivity contribution in [3.63, 3.8) is 0 Å². The smallest absolute Gasteiger partial charge is 0.341 e. The highest BCUT2D eigenvalue weighted by atomic mass is 35.5. The van der Waals surface area contributed by atoms with Gasteiger partial charge in [0.15, 0.2) is 0 Å². The fourth-order valence-corrected chi connectivity index (χ4v) is 1.17. The van der Waals surface area contributed by atoms with E-state index in [9.17, 15) is 9.59 Å². The zero-order valence-corrected chi connectivity index (χ0v) is 9.28. The number of hydrogen-bond donors (Lipinski definition) is 0. The Labute approximate surface area is 97.4 Å². The van der Waals surface area contributed by atoms with E-state index in [2.05, 4.69) is 11.3 Å². The molecular formula is C11H9ClO4. The van der Waals surface area contributed by atoms with Crippen molar-refractivity contribution in [3.8, 4) is 5.75 Å². The molecule has 0 heterocycles. The SMILES string of the molecule is C=CC(=O)Oc1cc(Cl)ccc1C(=O)OC. The number of carbonyl (C=O) groups excluding carboxylic acids is 2. The maximum absolute atomic E-state index is 11.3. The summed E-state index contributed by atoms with van der Waals surface area (Å²) in [4.78, 5) is 22.4. The van der Waals surface area contributed by atoms with Gasteiger partial charge in [0.25, 0.3) is 0 Å². The van der Waals surface area contributed by atoms with Crippen LogP contribution in [0.15, 0.2) is 30.9 Å². The van der Waals surface area contributed by atoms with E-state index in [0.29, 0.717) is 5.02 Å². The normalized spacial score (nSPS) is 9.38. The molecule has 0 spiro atoms. The molecule has 0 amide bonds. The maximum Gasteiger partial charge on any atom is 0.341 e. The molecule has 0 N–H and O–H groups in total. The molecule has 5 heteroatoms. The topological polar surface area (TPSA) is 52.6 Å². The van der Waals surface area contributed by atoms with E-state index < -0.39 is 11.9 Å². The van der Waals surface area contributed by atoms with Gasteiger partial charge in [-0.1, -0.05) is 18.2 Å². The van der Waals surface area contributed by atoms with E-state index in [0.717, 1.165) is 6.08 Å². The van der Waals surface area contributed by atoms with E-state index in [4.69, 9.17) is 16.3 Å². The minimum atomic E-state index is -0.674. The van der Waals surface area contributed by atoms with Crippen LogP contribution in [-0.2, 0) is 9.53 Å². The monoisotopic (exact) mass is 240 g/mol. The Hall–Kier alpha value is -1.81. The van der Waals surface area contributed by atoms with Gasteiger partial charge in [0.05, 0.1) is 7.11 Å². The number of halogens is 1. The molecule has 1 aromatic carbocycles. The number of methoxy groups -OCH3 is 1. The minimum Gasteiger partial charge on any atom is -0.465 e. The van der Waals surface area contributed by atoms with Gasteiger partial charge in [-0.05, 0) is 12.1 Å². The molecule has 0 saturated heterocycles. The van der Waals surface area contributed by atoms with E-state index >= 15 is 0 Å². The maximum atomic E-state index is 11.3. The van der Waals surface area contributed by atoms with Crippen LogP contribution in [0.4, 0.5) is 0 Å². The van der Waals surface area contributed by atoms with Crippen molar-refractivity contribution in [2.24, 2.45) is 0 Å². The third kappa shape index (κ3) is 2.84. The summed E-state index contributed by atoms with van der Waals surface area (Å²) in [6.07, 6.45) is 0.988. The summed E-state index contributed by atoms with van der Waals surface area (Å²) in [6, 6.07) is 4.27. The standard InChI is InChI=1S/C11H9ClO4/c1-3-10(13)16-9-6-7(12)4-5-8(9)11(14)15-2/h3-6H,1H2,2H3. The average molecular weight is 241 g/mol. The molecular weight excluding hydrogens is 232 g/mol. The van der Waals surface area contributed by atoms with Crippen LogP contribution in [0.1, 0.15) is 10.4 Å². The molecule has 16 heavy (non-hydrogen) atoms. The van der Waals surface area contributed by atoms with E-state index in [1.807, 2.05) is 0 Å². The fraction of sp³-hybridized carbons (Fsp3) is 0.0909. The number of ether oxygens (including phenoxy) is 2. The van der Waals surface area contributed by atoms with E-state index in [1.54, 1.807) is 0 Å². The molecule has 1 aromatic rings. The van der Waals surface area contributed by atoms with E-state index in [-0.39, 0.29) is 11.3 Å². The number of rotatable bonds is 3. The van der Waals surface area contributed by atoms with Gasteiger partial charge in [-0.3, -0.25) is 0 Å². The Kier molecular flexibility index (Phi) is 4.08. The zero-order chi connectivity index (χ0) is 12.1. The predicted octanol–water partition coefficient (Wildman–Crippen LogP) is 2.22. The molecule has 0 aliphatic carbocycles. The van der Waals surface area contributed by atoms with Crippen LogP contribution in [-0.4, -0.2) is 19.0 Å². The number of esters is 2. The van der Waals surface area contributed by atoms with Gasteiger partial charge >= 0.3 is 11.9 Å². The summed E-state index contributed by atoms with van der Waals surface area (Å²) in [5, 5.41) is 0.347. The van der Waals surface area contributed by atoms with Crippen LogP contribution in [0.5, 0.6) is 5.75 Å². The Morgan fingerprint density at radius 3 is 2.69 bits per heavy atom.